The number of benzene rings is 3. The van der Waals surface area contributed by atoms with Crippen molar-refractivity contribution < 1.29 is 22.1 Å². The predicted octanol–water partition coefficient (Wildman–Crippen LogP) is 4.88. The van der Waals surface area contributed by atoms with Gasteiger partial charge in [-0.05, 0) is 36.4 Å². The lowest BCUT2D eigenvalue weighted by Gasteiger charge is -2.25. The van der Waals surface area contributed by atoms with Crippen molar-refractivity contribution >= 4 is 15.7 Å². The molecule has 0 spiro atoms. The summed E-state index contributed by atoms with van der Waals surface area (Å²) in [5.41, 5.74) is 1.57. The van der Waals surface area contributed by atoms with E-state index < -0.39 is 15.8 Å². The molecule has 1 aromatic heterocycles. The molecular formula is C23H19FN2O4S. The first-order valence-corrected chi connectivity index (χ1v) is 10.9. The molecule has 0 atom stereocenters. The number of hydrogen-bond acceptors (Lipinski definition) is 5. The van der Waals surface area contributed by atoms with E-state index >= 15 is 0 Å². The fourth-order valence-electron chi connectivity index (χ4n) is 3.14. The van der Waals surface area contributed by atoms with E-state index in [0.717, 1.165) is 17.7 Å². The lowest BCUT2D eigenvalue weighted by molar-refractivity contribution is 0.414. The molecule has 0 saturated heterocycles. The van der Waals surface area contributed by atoms with Crippen LogP contribution in [-0.2, 0) is 16.6 Å². The molecule has 3 aromatic carbocycles. The maximum Gasteiger partial charge on any atom is 0.264 e. The van der Waals surface area contributed by atoms with Crippen LogP contribution in [0.2, 0.25) is 0 Å². The number of para-hydroxylation sites is 2. The first kappa shape index (κ1) is 20.6. The monoisotopic (exact) mass is 438 g/mol. The summed E-state index contributed by atoms with van der Waals surface area (Å²) in [5, 5.41) is 4.05. The molecule has 0 aliphatic rings. The van der Waals surface area contributed by atoms with Gasteiger partial charge in [0.05, 0.1) is 24.2 Å². The number of halogens is 1. The zero-order chi connectivity index (χ0) is 21.8. The van der Waals surface area contributed by atoms with Crippen LogP contribution in [0, 0.1) is 5.82 Å². The number of rotatable bonds is 7. The molecule has 6 nitrogen and oxygen atoms in total. The van der Waals surface area contributed by atoms with E-state index in [1.807, 2.05) is 30.3 Å². The Morgan fingerprint density at radius 1 is 0.968 bits per heavy atom. The maximum atomic E-state index is 13.5. The van der Waals surface area contributed by atoms with E-state index in [-0.39, 0.29) is 11.4 Å². The average molecular weight is 438 g/mol. The molecule has 0 fully saturated rings. The first-order chi connectivity index (χ1) is 15.0. The fourth-order valence-corrected chi connectivity index (χ4v) is 4.59. The summed E-state index contributed by atoms with van der Waals surface area (Å²) >= 11 is 0. The smallest absolute Gasteiger partial charge is 0.264 e. The van der Waals surface area contributed by atoms with Crippen LogP contribution < -0.4 is 9.04 Å². The second kappa shape index (κ2) is 8.61. The number of aromatic nitrogens is 1. The van der Waals surface area contributed by atoms with Gasteiger partial charge in [0.25, 0.3) is 10.0 Å². The van der Waals surface area contributed by atoms with E-state index in [1.165, 1.54) is 23.5 Å². The van der Waals surface area contributed by atoms with Crippen molar-refractivity contribution in [2.75, 3.05) is 11.4 Å². The van der Waals surface area contributed by atoms with E-state index in [0.29, 0.717) is 22.9 Å². The van der Waals surface area contributed by atoms with Gasteiger partial charge in [-0.25, -0.2) is 12.8 Å². The highest BCUT2D eigenvalue weighted by Gasteiger charge is 2.28. The molecule has 0 aliphatic carbocycles. The zero-order valence-corrected chi connectivity index (χ0v) is 17.4. The van der Waals surface area contributed by atoms with Crippen molar-refractivity contribution in [1.82, 2.24) is 5.16 Å². The largest absolute Gasteiger partial charge is 0.495 e. The Hall–Kier alpha value is -3.65. The fraction of sp³-hybridized carbons (Fsp3) is 0.0870. The number of hydrogen-bond donors (Lipinski definition) is 0. The van der Waals surface area contributed by atoms with Gasteiger partial charge in [-0.15, -0.1) is 0 Å². The van der Waals surface area contributed by atoms with Crippen molar-refractivity contribution in [3.63, 3.8) is 0 Å². The van der Waals surface area contributed by atoms with Gasteiger partial charge in [-0.2, -0.15) is 0 Å². The molecule has 0 aliphatic heterocycles. The molecule has 0 bridgehead atoms. The molecule has 31 heavy (non-hydrogen) atoms. The van der Waals surface area contributed by atoms with E-state index in [2.05, 4.69) is 5.16 Å². The topological polar surface area (TPSA) is 72.6 Å². The van der Waals surface area contributed by atoms with Gasteiger partial charge >= 0.3 is 0 Å². The number of nitrogens with zero attached hydrogens (tertiary/aromatic N) is 2. The summed E-state index contributed by atoms with van der Waals surface area (Å²) < 4.78 is 52.3. The lowest BCUT2D eigenvalue weighted by Crippen LogP contribution is -2.31. The molecule has 4 aromatic rings. The van der Waals surface area contributed by atoms with Crippen molar-refractivity contribution in [3.05, 3.63) is 96.4 Å². The number of ether oxygens (including phenoxy) is 1. The molecule has 0 saturated carbocycles. The van der Waals surface area contributed by atoms with Crippen LogP contribution in [0.4, 0.5) is 10.1 Å². The van der Waals surface area contributed by atoms with Gasteiger partial charge in [0.15, 0.2) is 5.76 Å². The SMILES string of the molecule is COc1ccccc1N(Cc1cc(-c2ccccc2)on1)S(=O)(=O)c1ccc(F)cc1. The zero-order valence-electron chi connectivity index (χ0n) is 16.6. The van der Waals surface area contributed by atoms with Crippen molar-refractivity contribution in [2.24, 2.45) is 0 Å². The van der Waals surface area contributed by atoms with Gasteiger partial charge in [0.1, 0.15) is 17.3 Å². The summed E-state index contributed by atoms with van der Waals surface area (Å²) in [7, 11) is -2.59. The van der Waals surface area contributed by atoms with E-state index in [4.69, 9.17) is 9.26 Å². The average Bonchev–Trinajstić information content (AvgIpc) is 3.27. The molecule has 8 heteroatoms. The molecule has 1 heterocycles. The normalized spacial score (nSPS) is 11.3. The Labute approximate surface area is 179 Å². The number of anilines is 1. The van der Waals surface area contributed by atoms with Crippen LogP contribution in [0.15, 0.2) is 94.3 Å². The van der Waals surface area contributed by atoms with Crippen molar-refractivity contribution in [3.8, 4) is 17.1 Å². The molecule has 0 radical (unpaired) electrons. The molecule has 158 valence electrons. The van der Waals surface area contributed by atoms with Crippen LogP contribution in [-0.4, -0.2) is 20.7 Å². The predicted molar refractivity (Wildman–Crippen MR) is 115 cm³/mol. The van der Waals surface area contributed by atoms with Crippen LogP contribution in [0.3, 0.4) is 0 Å². The highest BCUT2D eigenvalue weighted by atomic mass is 32.2. The second-order valence-corrected chi connectivity index (χ2v) is 8.55. The van der Waals surface area contributed by atoms with Crippen LogP contribution in [0.25, 0.3) is 11.3 Å². The third-order valence-electron chi connectivity index (χ3n) is 4.68. The van der Waals surface area contributed by atoms with Gasteiger partial charge in [0, 0.05) is 11.6 Å². The third kappa shape index (κ3) is 4.29. The first-order valence-electron chi connectivity index (χ1n) is 9.41. The van der Waals surface area contributed by atoms with E-state index in [9.17, 15) is 12.8 Å². The Bertz CT molecular complexity index is 1270. The molecular weight excluding hydrogens is 419 g/mol. The van der Waals surface area contributed by atoms with Crippen LogP contribution in [0.5, 0.6) is 5.75 Å². The second-order valence-electron chi connectivity index (χ2n) is 6.69. The Morgan fingerprint density at radius 3 is 2.35 bits per heavy atom. The Morgan fingerprint density at radius 2 is 1.65 bits per heavy atom. The molecule has 0 amide bonds. The minimum Gasteiger partial charge on any atom is -0.495 e. The summed E-state index contributed by atoms with van der Waals surface area (Å²) in [4.78, 5) is -0.0495. The van der Waals surface area contributed by atoms with Gasteiger partial charge < -0.3 is 9.26 Å². The molecule has 0 N–H and O–H groups in total. The van der Waals surface area contributed by atoms with Gasteiger partial charge in [0.2, 0.25) is 0 Å². The number of sulfonamides is 1. The maximum absolute atomic E-state index is 13.5. The third-order valence-corrected chi connectivity index (χ3v) is 6.45. The summed E-state index contributed by atoms with van der Waals surface area (Å²) in [6, 6.07) is 22.5. The Kier molecular flexibility index (Phi) is 5.73. The standard InChI is InChI=1S/C23H19FN2O4S/c1-29-22-10-6-5-9-21(22)26(31(27,28)20-13-11-18(24)12-14-20)16-19-15-23(30-25-19)17-7-3-2-4-8-17/h2-15H,16H2,1H3. The summed E-state index contributed by atoms with van der Waals surface area (Å²) in [5.74, 6) is 0.376. The highest BCUT2D eigenvalue weighted by Crippen LogP contribution is 2.34. The van der Waals surface area contributed by atoms with Crippen molar-refractivity contribution in [2.45, 2.75) is 11.4 Å². The minimum atomic E-state index is -4.05. The number of methoxy groups -OCH3 is 1. The van der Waals surface area contributed by atoms with Crippen LogP contribution in [0.1, 0.15) is 5.69 Å². The summed E-state index contributed by atoms with van der Waals surface area (Å²) in [6.07, 6.45) is 0. The van der Waals surface area contributed by atoms with Crippen LogP contribution >= 0.6 is 0 Å². The quantitative estimate of drug-likeness (QED) is 0.411. The van der Waals surface area contributed by atoms with Gasteiger partial charge in [-0.3, -0.25) is 4.31 Å². The van der Waals surface area contributed by atoms with Gasteiger partial charge in [-0.1, -0.05) is 47.6 Å². The molecule has 0 unspecified atom stereocenters. The van der Waals surface area contributed by atoms with E-state index in [1.54, 1.807) is 30.3 Å². The molecule has 4 rings (SSSR count). The Balaban J connectivity index is 1.76. The summed E-state index contributed by atoms with van der Waals surface area (Å²) in [6.45, 7) is -0.101. The minimum absolute atomic E-state index is 0.0495. The highest BCUT2D eigenvalue weighted by molar-refractivity contribution is 7.92. The lowest BCUT2D eigenvalue weighted by atomic mass is 10.1. The van der Waals surface area contributed by atoms with Crippen molar-refractivity contribution in [1.29, 1.82) is 0 Å².